The van der Waals surface area contributed by atoms with E-state index < -0.39 is 5.24 Å². The van der Waals surface area contributed by atoms with Crippen molar-refractivity contribution in [1.82, 2.24) is 9.97 Å². The first-order valence-corrected chi connectivity index (χ1v) is 4.22. The van der Waals surface area contributed by atoms with Crippen LogP contribution in [0.2, 0.25) is 0 Å². The van der Waals surface area contributed by atoms with Crippen LogP contribution in [-0.4, -0.2) is 15.2 Å². The summed E-state index contributed by atoms with van der Waals surface area (Å²) in [4.78, 5) is 18.6. The maximum absolute atomic E-state index is 10.7. The number of carbonyl (C=O) groups excluding carboxylic acids is 1. The SMILES string of the molecule is O=C(Cl)c1coc(-c2ccccn2)n1. The summed E-state index contributed by atoms with van der Waals surface area (Å²) < 4.78 is 5.03. The number of carbonyl (C=O) groups is 1. The first-order valence-electron chi connectivity index (χ1n) is 3.84. The molecule has 0 atom stereocenters. The normalized spacial score (nSPS) is 10.1. The minimum Gasteiger partial charge on any atom is -0.442 e. The zero-order valence-corrected chi connectivity index (χ0v) is 7.73. The minimum absolute atomic E-state index is 0.0901. The summed E-state index contributed by atoms with van der Waals surface area (Å²) in [5, 5.41) is -0.643. The molecule has 70 valence electrons. The molecule has 5 heteroatoms. The number of nitrogens with zero attached hydrogens (tertiary/aromatic N) is 2. The maximum atomic E-state index is 10.7. The van der Waals surface area contributed by atoms with Gasteiger partial charge in [0.1, 0.15) is 12.0 Å². The monoisotopic (exact) mass is 208 g/mol. The number of oxazole rings is 1. The van der Waals surface area contributed by atoms with Crippen LogP contribution >= 0.6 is 11.6 Å². The van der Waals surface area contributed by atoms with Crippen LogP contribution in [0.25, 0.3) is 11.6 Å². The molecular weight excluding hydrogens is 204 g/mol. The molecule has 0 aromatic carbocycles. The third-order valence-electron chi connectivity index (χ3n) is 1.59. The van der Waals surface area contributed by atoms with Crippen molar-refractivity contribution in [1.29, 1.82) is 0 Å². The second-order valence-electron chi connectivity index (χ2n) is 2.53. The topological polar surface area (TPSA) is 56.0 Å². The van der Waals surface area contributed by atoms with E-state index in [4.69, 9.17) is 16.0 Å². The lowest BCUT2D eigenvalue weighted by molar-refractivity contribution is 0.107. The van der Waals surface area contributed by atoms with Gasteiger partial charge in [-0.05, 0) is 23.7 Å². The highest BCUT2D eigenvalue weighted by Gasteiger charge is 2.11. The highest BCUT2D eigenvalue weighted by Crippen LogP contribution is 2.15. The van der Waals surface area contributed by atoms with Gasteiger partial charge < -0.3 is 4.42 Å². The van der Waals surface area contributed by atoms with Crippen molar-refractivity contribution in [2.24, 2.45) is 0 Å². The Kier molecular flexibility index (Phi) is 2.28. The molecule has 2 aromatic rings. The van der Waals surface area contributed by atoms with Gasteiger partial charge in [-0.3, -0.25) is 9.78 Å². The number of hydrogen-bond acceptors (Lipinski definition) is 4. The Balaban J connectivity index is 2.39. The van der Waals surface area contributed by atoms with Crippen molar-refractivity contribution in [2.45, 2.75) is 0 Å². The van der Waals surface area contributed by atoms with E-state index in [0.717, 1.165) is 0 Å². The molecule has 0 aliphatic heterocycles. The predicted octanol–water partition coefficient (Wildman–Crippen LogP) is 2.12. The van der Waals surface area contributed by atoms with Gasteiger partial charge in [-0.15, -0.1) is 0 Å². The number of halogens is 1. The Morgan fingerprint density at radius 3 is 2.86 bits per heavy atom. The molecule has 2 rings (SSSR count). The van der Waals surface area contributed by atoms with Gasteiger partial charge in [-0.2, -0.15) is 0 Å². The van der Waals surface area contributed by atoms with Crippen LogP contribution in [0.5, 0.6) is 0 Å². The van der Waals surface area contributed by atoms with Gasteiger partial charge in [-0.1, -0.05) is 6.07 Å². The second-order valence-corrected chi connectivity index (χ2v) is 2.87. The molecule has 0 aliphatic carbocycles. The summed E-state index contributed by atoms with van der Waals surface area (Å²) in [5.74, 6) is 0.287. The van der Waals surface area contributed by atoms with Crippen LogP contribution in [0.4, 0.5) is 0 Å². The predicted molar refractivity (Wildman–Crippen MR) is 49.9 cm³/mol. The maximum Gasteiger partial charge on any atom is 0.274 e. The highest BCUT2D eigenvalue weighted by molar-refractivity contribution is 6.67. The molecule has 0 radical (unpaired) electrons. The molecule has 0 saturated carbocycles. The first kappa shape index (κ1) is 8.90. The fraction of sp³-hybridized carbons (Fsp3) is 0. The molecule has 0 aliphatic rings. The minimum atomic E-state index is -0.643. The Morgan fingerprint density at radius 2 is 2.29 bits per heavy atom. The van der Waals surface area contributed by atoms with Gasteiger partial charge >= 0.3 is 0 Å². The van der Waals surface area contributed by atoms with Crippen LogP contribution < -0.4 is 0 Å². The average Bonchev–Trinajstić information content (AvgIpc) is 2.68. The van der Waals surface area contributed by atoms with Gasteiger partial charge in [0, 0.05) is 6.20 Å². The molecule has 0 spiro atoms. The molecule has 14 heavy (non-hydrogen) atoms. The lowest BCUT2D eigenvalue weighted by atomic mass is 10.3. The zero-order valence-electron chi connectivity index (χ0n) is 6.98. The van der Waals surface area contributed by atoms with E-state index in [1.54, 1.807) is 24.4 Å². The van der Waals surface area contributed by atoms with Gasteiger partial charge in [0.15, 0.2) is 5.69 Å². The van der Waals surface area contributed by atoms with Crippen molar-refractivity contribution in [2.75, 3.05) is 0 Å². The van der Waals surface area contributed by atoms with Gasteiger partial charge in [0.25, 0.3) is 5.24 Å². The summed E-state index contributed by atoms with van der Waals surface area (Å²) in [5.41, 5.74) is 0.656. The van der Waals surface area contributed by atoms with Crippen molar-refractivity contribution in [3.63, 3.8) is 0 Å². The van der Waals surface area contributed by atoms with E-state index >= 15 is 0 Å². The number of hydrogen-bond donors (Lipinski definition) is 0. The lowest BCUT2D eigenvalue weighted by Gasteiger charge is -1.90. The summed E-state index contributed by atoms with van der Waals surface area (Å²) >= 11 is 5.22. The van der Waals surface area contributed by atoms with E-state index in [9.17, 15) is 4.79 Å². The summed E-state index contributed by atoms with van der Waals surface area (Å²) in [6.07, 6.45) is 2.82. The number of rotatable bonds is 2. The Bertz CT molecular complexity index is 453. The summed E-state index contributed by atoms with van der Waals surface area (Å²) in [7, 11) is 0. The second kappa shape index (κ2) is 3.59. The lowest BCUT2D eigenvalue weighted by Crippen LogP contribution is -1.88. The Labute approximate surface area is 84.6 Å². The van der Waals surface area contributed by atoms with Gasteiger partial charge in [0.2, 0.25) is 5.89 Å². The van der Waals surface area contributed by atoms with Crippen molar-refractivity contribution in [3.05, 3.63) is 36.4 Å². The molecule has 0 N–H and O–H groups in total. The number of aromatic nitrogens is 2. The molecule has 0 unspecified atom stereocenters. The summed E-state index contributed by atoms with van der Waals surface area (Å²) in [6.45, 7) is 0. The molecular formula is C9H5ClN2O2. The third kappa shape index (κ3) is 1.65. The van der Waals surface area contributed by atoms with E-state index in [2.05, 4.69) is 9.97 Å². The number of pyridine rings is 1. The van der Waals surface area contributed by atoms with Gasteiger partial charge in [0.05, 0.1) is 0 Å². The molecule has 2 aromatic heterocycles. The van der Waals surface area contributed by atoms with Crippen molar-refractivity contribution >= 4 is 16.8 Å². The standard InChI is InChI=1S/C9H5ClN2O2/c10-8(13)7-5-14-9(12-7)6-3-1-2-4-11-6/h1-5H. The molecule has 4 nitrogen and oxygen atoms in total. The van der Waals surface area contributed by atoms with Crippen LogP contribution in [0.15, 0.2) is 35.1 Å². The van der Waals surface area contributed by atoms with Gasteiger partial charge in [-0.25, -0.2) is 4.98 Å². The van der Waals surface area contributed by atoms with Crippen molar-refractivity contribution < 1.29 is 9.21 Å². The van der Waals surface area contributed by atoms with E-state index in [1.165, 1.54) is 6.26 Å². The molecule has 0 saturated heterocycles. The highest BCUT2D eigenvalue weighted by atomic mass is 35.5. The Morgan fingerprint density at radius 1 is 1.43 bits per heavy atom. The Hall–Kier alpha value is -1.68. The van der Waals surface area contributed by atoms with E-state index in [1.807, 2.05) is 0 Å². The van der Waals surface area contributed by atoms with Crippen LogP contribution in [0.3, 0.4) is 0 Å². The quantitative estimate of drug-likeness (QED) is 0.710. The fourth-order valence-electron chi connectivity index (χ4n) is 0.971. The smallest absolute Gasteiger partial charge is 0.274 e. The van der Waals surface area contributed by atoms with E-state index in [0.29, 0.717) is 5.69 Å². The summed E-state index contributed by atoms with van der Waals surface area (Å²) in [6, 6.07) is 5.31. The molecule has 0 bridgehead atoms. The van der Waals surface area contributed by atoms with Crippen LogP contribution in [-0.2, 0) is 0 Å². The fourth-order valence-corrected chi connectivity index (χ4v) is 1.06. The molecule has 0 fully saturated rings. The third-order valence-corrected chi connectivity index (χ3v) is 1.78. The zero-order chi connectivity index (χ0) is 9.97. The largest absolute Gasteiger partial charge is 0.442 e. The van der Waals surface area contributed by atoms with E-state index in [-0.39, 0.29) is 11.6 Å². The molecule has 0 amide bonds. The van der Waals surface area contributed by atoms with Crippen molar-refractivity contribution in [3.8, 4) is 11.6 Å². The molecule has 2 heterocycles. The van der Waals surface area contributed by atoms with Crippen LogP contribution in [0.1, 0.15) is 10.5 Å². The van der Waals surface area contributed by atoms with Crippen LogP contribution in [0, 0.1) is 0 Å². The first-order chi connectivity index (χ1) is 6.77. The average molecular weight is 209 g/mol.